The van der Waals surface area contributed by atoms with Gasteiger partial charge in [0.1, 0.15) is 11.6 Å². The first-order valence-electron chi connectivity index (χ1n) is 3.62. The van der Waals surface area contributed by atoms with Gasteiger partial charge in [0.2, 0.25) is 0 Å². The Bertz CT molecular complexity index is 290. The highest BCUT2D eigenvalue weighted by Crippen LogP contribution is 2.13. The first kappa shape index (κ1) is 8.73. The van der Waals surface area contributed by atoms with Gasteiger partial charge in [-0.2, -0.15) is 0 Å². The number of terminal acetylenes is 1. The van der Waals surface area contributed by atoms with E-state index in [1.165, 1.54) is 18.2 Å². The first-order valence-corrected chi connectivity index (χ1v) is 3.62. The number of halogens is 2. The van der Waals surface area contributed by atoms with E-state index < -0.39 is 11.6 Å². The summed E-state index contributed by atoms with van der Waals surface area (Å²) >= 11 is 0. The van der Waals surface area contributed by atoms with Gasteiger partial charge in [0.25, 0.3) is 0 Å². The summed E-state index contributed by atoms with van der Waals surface area (Å²) in [7, 11) is 0. The normalized spacial score (nSPS) is 9.42. The molecule has 0 bridgehead atoms. The molecule has 0 aliphatic heterocycles. The molecular formula is C10H8F2. The molecule has 2 heteroatoms. The summed E-state index contributed by atoms with van der Waals surface area (Å²) < 4.78 is 25.7. The molecule has 0 atom stereocenters. The molecule has 1 aromatic carbocycles. The van der Waals surface area contributed by atoms with Crippen molar-refractivity contribution in [3.63, 3.8) is 0 Å². The van der Waals surface area contributed by atoms with Crippen molar-refractivity contribution in [3.8, 4) is 12.3 Å². The quantitative estimate of drug-likeness (QED) is 0.592. The minimum absolute atomic E-state index is 0.0791. The van der Waals surface area contributed by atoms with E-state index in [9.17, 15) is 8.78 Å². The van der Waals surface area contributed by atoms with Crippen LogP contribution in [0.15, 0.2) is 18.2 Å². The second kappa shape index (κ2) is 3.87. The molecule has 0 unspecified atom stereocenters. The summed E-state index contributed by atoms with van der Waals surface area (Å²) in [5, 5.41) is 0. The van der Waals surface area contributed by atoms with E-state index in [-0.39, 0.29) is 12.0 Å². The molecule has 62 valence electrons. The average molecular weight is 166 g/mol. The molecule has 0 heterocycles. The van der Waals surface area contributed by atoms with Crippen molar-refractivity contribution in [2.75, 3.05) is 0 Å². The van der Waals surface area contributed by atoms with Gasteiger partial charge in [0.05, 0.1) is 0 Å². The van der Waals surface area contributed by atoms with Crippen LogP contribution in [0.5, 0.6) is 0 Å². The van der Waals surface area contributed by atoms with Crippen LogP contribution in [0, 0.1) is 24.0 Å². The van der Waals surface area contributed by atoms with E-state index >= 15 is 0 Å². The van der Waals surface area contributed by atoms with E-state index in [4.69, 9.17) is 6.42 Å². The zero-order valence-electron chi connectivity index (χ0n) is 6.48. The molecular weight excluding hydrogens is 158 g/mol. The number of benzene rings is 1. The Hall–Kier alpha value is -1.36. The van der Waals surface area contributed by atoms with Gasteiger partial charge >= 0.3 is 0 Å². The summed E-state index contributed by atoms with van der Waals surface area (Å²) in [4.78, 5) is 0. The highest BCUT2D eigenvalue weighted by Gasteiger charge is 2.06. The molecule has 0 nitrogen and oxygen atoms in total. The Morgan fingerprint density at radius 1 is 1.25 bits per heavy atom. The monoisotopic (exact) mass is 166 g/mol. The summed E-state index contributed by atoms with van der Waals surface area (Å²) in [5.41, 5.74) is 0.0791. The van der Waals surface area contributed by atoms with Crippen molar-refractivity contribution in [2.45, 2.75) is 12.8 Å². The van der Waals surface area contributed by atoms with Crippen LogP contribution < -0.4 is 0 Å². The van der Waals surface area contributed by atoms with Gasteiger partial charge in [-0.25, -0.2) is 8.78 Å². The second-order valence-electron chi connectivity index (χ2n) is 2.40. The van der Waals surface area contributed by atoms with Crippen molar-refractivity contribution in [2.24, 2.45) is 0 Å². The molecule has 0 aliphatic rings. The van der Waals surface area contributed by atoms with Gasteiger partial charge in [-0.3, -0.25) is 0 Å². The lowest BCUT2D eigenvalue weighted by atomic mass is 10.1. The van der Waals surface area contributed by atoms with Crippen LogP contribution in [0.4, 0.5) is 8.78 Å². The fraction of sp³-hybridized carbons (Fsp3) is 0.200. The third-order valence-corrected chi connectivity index (χ3v) is 1.58. The van der Waals surface area contributed by atoms with Gasteiger partial charge in [-0.05, 0) is 18.6 Å². The molecule has 0 saturated heterocycles. The minimum atomic E-state index is -0.523. The van der Waals surface area contributed by atoms with E-state index in [1.54, 1.807) is 0 Å². The standard InChI is InChI=1S/C10H8F2/c1-2-3-5-8-9(11)6-4-7-10(8)12/h1,4,6-7H,3,5H2. The highest BCUT2D eigenvalue weighted by molar-refractivity contribution is 5.20. The summed E-state index contributed by atoms with van der Waals surface area (Å²) in [6.07, 6.45) is 5.60. The number of hydrogen-bond acceptors (Lipinski definition) is 0. The second-order valence-corrected chi connectivity index (χ2v) is 2.40. The van der Waals surface area contributed by atoms with Gasteiger partial charge in [0.15, 0.2) is 0 Å². The Kier molecular flexibility index (Phi) is 2.82. The van der Waals surface area contributed by atoms with Crippen molar-refractivity contribution in [3.05, 3.63) is 35.4 Å². The zero-order chi connectivity index (χ0) is 8.97. The third kappa shape index (κ3) is 1.82. The topological polar surface area (TPSA) is 0 Å². The van der Waals surface area contributed by atoms with Crippen LogP contribution in [0.3, 0.4) is 0 Å². The first-order chi connectivity index (χ1) is 5.75. The fourth-order valence-electron chi connectivity index (χ4n) is 0.968. The van der Waals surface area contributed by atoms with Gasteiger partial charge in [-0.15, -0.1) is 12.3 Å². The van der Waals surface area contributed by atoms with Crippen molar-refractivity contribution < 1.29 is 8.78 Å². The van der Waals surface area contributed by atoms with E-state index in [1.807, 2.05) is 0 Å². The molecule has 0 saturated carbocycles. The van der Waals surface area contributed by atoms with Gasteiger partial charge in [-0.1, -0.05) is 6.07 Å². The average Bonchev–Trinajstić information content (AvgIpc) is 2.04. The molecule has 1 aromatic rings. The summed E-state index contributed by atoms with van der Waals surface area (Å²) in [5.74, 6) is 1.29. The summed E-state index contributed by atoms with van der Waals surface area (Å²) in [6.45, 7) is 0. The lowest BCUT2D eigenvalue weighted by Gasteiger charge is -2.00. The molecule has 0 fully saturated rings. The Morgan fingerprint density at radius 3 is 2.33 bits per heavy atom. The van der Waals surface area contributed by atoms with E-state index in [2.05, 4.69) is 5.92 Å². The highest BCUT2D eigenvalue weighted by atomic mass is 19.1. The minimum Gasteiger partial charge on any atom is -0.207 e. The third-order valence-electron chi connectivity index (χ3n) is 1.58. The predicted octanol–water partition coefficient (Wildman–Crippen LogP) is 2.53. The van der Waals surface area contributed by atoms with Crippen LogP contribution in [-0.4, -0.2) is 0 Å². The molecule has 0 N–H and O–H groups in total. The SMILES string of the molecule is C#CCCc1c(F)cccc1F. The van der Waals surface area contributed by atoms with Crippen molar-refractivity contribution >= 4 is 0 Å². The van der Waals surface area contributed by atoms with Crippen LogP contribution >= 0.6 is 0 Å². The summed E-state index contributed by atoms with van der Waals surface area (Å²) in [6, 6.07) is 3.80. The van der Waals surface area contributed by atoms with E-state index in [0.717, 1.165) is 0 Å². The lowest BCUT2D eigenvalue weighted by molar-refractivity contribution is 0.556. The Morgan fingerprint density at radius 2 is 1.83 bits per heavy atom. The fourth-order valence-corrected chi connectivity index (χ4v) is 0.968. The van der Waals surface area contributed by atoms with E-state index in [0.29, 0.717) is 6.42 Å². The molecule has 0 amide bonds. The number of hydrogen-bond donors (Lipinski definition) is 0. The maximum absolute atomic E-state index is 12.9. The van der Waals surface area contributed by atoms with Gasteiger partial charge in [0, 0.05) is 12.0 Å². The Balaban J connectivity index is 2.90. The maximum Gasteiger partial charge on any atom is 0.129 e. The van der Waals surface area contributed by atoms with Crippen LogP contribution in [-0.2, 0) is 6.42 Å². The molecule has 0 spiro atoms. The van der Waals surface area contributed by atoms with Gasteiger partial charge < -0.3 is 0 Å². The number of rotatable bonds is 2. The molecule has 0 aliphatic carbocycles. The Labute approximate surface area is 70.2 Å². The largest absolute Gasteiger partial charge is 0.207 e. The van der Waals surface area contributed by atoms with Crippen molar-refractivity contribution in [1.29, 1.82) is 0 Å². The van der Waals surface area contributed by atoms with Crippen molar-refractivity contribution in [1.82, 2.24) is 0 Å². The maximum atomic E-state index is 12.9. The van der Waals surface area contributed by atoms with Crippen LogP contribution in [0.2, 0.25) is 0 Å². The predicted molar refractivity (Wildman–Crippen MR) is 43.5 cm³/mol. The molecule has 0 radical (unpaired) electrons. The molecule has 12 heavy (non-hydrogen) atoms. The zero-order valence-corrected chi connectivity index (χ0v) is 6.48. The van der Waals surface area contributed by atoms with Crippen LogP contribution in [0.25, 0.3) is 0 Å². The lowest BCUT2D eigenvalue weighted by Crippen LogP contribution is -1.94. The smallest absolute Gasteiger partial charge is 0.129 e. The molecule has 1 rings (SSSR count). The molecule has 0 aromatic heterocycles. The van der Waals surface area contributed by atoms with Crippen LogP contribution in [0.1, 0.15) is 12.0 Å².